The van der Waals surface area contributed by atoms with Gasteiger partial charge in [0, 0.05) is 18.0 Å². The molecule has 0 fully saturated rings. The van der Waals surface area contributed by atoms with Crippen molar-refractivity contribution in [3.05, 3.63) is 34.5 Å². The Bertz CT molecular complexity index is 663. The lowest BCUT2D eigenvalue weighted by Gasteiger charge is -2.13. The molecule has 1 aromatic heterocycles. The number of nitrogens with two attached hydrogens (primary N) is 1. The van der Waals surface area contributed by atoms with Crippen LogP contribution in [0.4, 0.5) is 0 Å². The van der Waals surface area contributed by atoms with Gasteiger partial charge in [-0.25, -0.2) is 0 Å². The van der Waals surface area contributed by atoms with Crippen LogP contribution >= 0.6 is 11.6 Å². The maximum atomic E-state index is 12.2. The van der Waals surface area contributed by atoms with E-state index in [2.05, 4.69) is 0 Å². The van der Waals surface area contributed by atoms with Crippen molar-refractivity contribution in [2.75, 3.05) is 13.6 Å². The van der Waals surface area contributed by atoms with Crippen molar-refractivity contribution >= 4 is 34.4 Å². The fourth-order valence-corrected chi connectivity index (χ4v) is 2.10. The number of carbonyl (C=O) groups excluding carboxylic acids is 2. The quantitative estimate of drug-likeness (QED) is 0.933. The van der Waals surface area contributed by atoms with E-state index in [4.69, 9.17) is 21.8 Å². The van der Waals surface area contributed by atoms with Crippen molar-refractivity contribution in [2.24, 2.45) is 5.73 Å². The van der Waals surface area contributed by atoms with Gasteiger partial charge in [-0.3, -0.25) is 9.59 Å². The molecule has 0 bridgehead atoms. The summed E-state index contributed by atoms with van der Waals surface area (Å²) in [5.74, 6) is -0.807. The molecule has 100 valence electrons. The predicted molar refractivity (Wildman–Crippen MR) is 72.1 cm³/mol. The summed E-state index contributed by atoms with van der Waals surface area (Å²) in [6, 6.07) is 5.30. The highest BCUT2D eigenvalue weighted by molar-refractivity contribution is 6.35. The summed E-state index contributed by atoms with van der Waals surface area (Å²) in [4.78, 5) is 24.2. The lowest BCUT2D eigenvalue weighted by atomic mass is 10.1. The van der Waals surface area contributed by atoms with Crippen molar-refractivity contribution in [1.29, 1.82) is 0 Å². The van der Waals surface area contributed by atoms with Gasteiger partial charge in [0.15, 0.2) is 11.3 Å². The summed E-state index contributed by atoms with van der Waals surface area (Å²) in [5, 5.41) is 1.22. The largest absolute Gasteiger partial charge is 0.449 e. The lowest BCUT2D eigenvalue weighted by molar-refractivity contribution is -0.118. The number of furan rings is 1. The third kappa shape index (κ3) is 2.42. The first-order valence-electron chi connectivity index (χ1n) is 5.63. The minimum Gasteiger partial charge on any atom is -0.449 e. The monoisotopic (exact) mass is 280 g/mol. The van der Waals surface area contributed by atoms with Crippen LogP contribution in [0.5, 0.6) is 0 Å². The second kappa shape index (κ2) is 4.93. The Morgan fingerprint density at radius 3 is 2.68 bits per heavy atom. The van der Waals surface area contributed by atoms with Gasteiger partial charge in [-0.2, -0.15) is 0 Å². The highest BCUT2D eigenvalue weighted by Gasteiger charge is 2.22. The van der Waals surface area contributed by atoms with Gasteiger partial charge >= 0.3 is 0 Å². The molecule has 0 unspecified atom stereocenters. The molecule has 2 aromatic rings. The topological polar surface area (TPSA) is 76.5 Å². The van der Waals surface area contributed by atoms with E-state index in [1.165, 1.54) is 11.9 Å². The van der Waals surface area contributed by atoms with Gasteiger partial charge in [-0.05, 0) is 13.0 Å². The van der Waals surface area contributed by atoms with E-state index in [0.717, 1.165) is 5.39 Å². The molecule has 0 spiro atoms. The van der Waals surface area contributed by atoms with Gasteiger partial charge < -0.3 is 15.1 Å². The Morgan fingerprint density at radius 1 is 1.42 bits per heavy atom. The third-order valence-corrected chi connectivity index (χ3v) is 3.15. The lowest BCUT2D eigenvalue weighted by Crippen LogP contribution is -2.35. The molecular weight excluding hydrogens is 268 g/mol. The van der Waals surface area contributed by atoms with Crippen LogP contribution in [0, 0.1) is 6.92 Å². The number of nitrogens with zero attached hydrogens (tertiary/aromatic N) is 1. The van der Waals surface area contributed by atoms with Crippen molar-refractivity contribution in [3.8, 4) is 0 Å². The van der Waals surface area contributed by atoms with Crippen LogP contribution < -0.4 is 5.73 Å². The highest BCUT2D eigenvalue weighted by atomic mass is 35.5. The summed E-state index contributed by atoms with van der Waals surface area (Å²) < 4.78 is 5.52. The average Bonchev–Trinajstić information content (AvgIpc) is 2.67. The van der Waals surface area contributed by atoms with Gasteiger partial charge in [-0.15, -0.1) is 0 Å². The van der Waals surface area contributed by atoms with Crippen LogP contribution in [0.3, 0.4) is 0 Å². The molecular formula is C13H13ClN2O3. The van der Waals surface area contributed by atoms with Crippen LogP contribution in [0.1, 0.15) is 16.1 Å². The molecule has 2 amide bonds. The zero-order chi connectivity index (χ0) is 14.2. The molecule has 19 heavy (non-hydrogen) atoms. The second-order valence-electron chi connectivity index (χ2n) is 4.30. The van der Waals surface area contributed by atoms with Gasteiger partial charge in [0.1, 0.15) is 0 Å². The van der Waals surface area contributed by atoms with E-state index < -0.39 is 11.8 Å². The number of amides is 2. The Balaban J connectivity index is 2.46. The molecule has 0 saturated carbocycles. The molecule has 0 radical (unpaired) electrons. The zero-order valence-electron chi connectivity index (χ0n) is 10.6. The van der Waals surface area contributed by atoms with E-state index in [9.17, 15) is 9.59 Å². The number of primary amides is 1. The smallest absolute Gasteiger partial charge is 0.290 e. The third-order valence-electron chi connectivity index (χ3n) is 2.85. The number of hydrogen-bond acceptors (Lipinski definition) is 3. The predicted octanol–water partition coefficient (Wildman–Crippen LogP) is 1.95. The molecule has 0 atom stereocenters. The molecule has 6 heteroatoms. The number of rotatable bonds is 3. The SMILES string of the molecule is Cc1c(C(=O)N(C)CC(N)=O)oc2c(Cl)cccc12. The van der Waals surface area contributed by atoms with Crippen LogP contribution in [0.2, 0.25) is 5.02 Å². The Morgan fingerprint density at radius 2 is 2.11 bits per heavy atom. The summed E-state index contributed by atoms with van der Waals surface area (Å²) >= 11 is 6.02. The van der Waals surface area contributed by atoms with Gasteiger partial charge in [-0.1, -0.05) is 23.7 Å². The molecule has 5 nitrogen and oxygen atoms in total. The normalized spacial score (nSPS) is 10.7. The first kappa shape index (κ1) is 13.4. The molecule has 0 saturated heterocycles. The van der Waals surface area contributed by atoms with Crippen LogP contribution in [-0.4, -0.2) is 30.3 Å². The number of halogens is 1. The van der Waals surface area contributed by atoms with Crippen molar-refractivity contribution in [3.63, 3.8) is 0 Å². The second-order valence-corrected chi connectivity index (χ2v) is 4.71. The molecule has 2 N–H and O–H groups in total. The van der Waals surface area contributed by atoms with Crippen molar-refractivity contribution in [2.45, 2.75) is 6.92 Å². The minimum absolute atomic E-state index is 0.164. The average molecular weight is 281 g/mol. The molecule has 2 rings (SSSR count). The summed E-state index contributed by atoms with van der Waals surface area (Å²) in [6.45, 7) is 1.61. The Labute approximate surface area is 114 Å². The Hall–Kier alpha value is -2.01. The molecule has 0 aliphatic rings. The van der Waals surface area contributed by atoms with E-state index in [0.29, 0.717) is 16.2 Å². The number of hydrogen-bond donors (Lipinski definition) is 1. The van der Waals surface area contributed by atoms with E-state index >= 15 is 0 Å². The number of benzene rings is 1. The molecule has 1 heterocycles. The van der Waals surface area contributed by atoms with Gasteiger partial charge in [0.25, 0.3) is 5.91 Å². The minimum atomic E-state index is -0.581. The maximum Gasteiger partial charge on any atom is 0.290 e. The first-order chi connectivity index (χ1) is 8.91. The molecule has 0 aliphatic heterocycles. The number of para-hydroxylation sites is 1. The summed E-state index contributed by atoms with van der Waals surface area (Å²) in [7, 11) is 1.49. The summed E-state index contributed by atoms with van der Waals surface area (Å²) in [5.41, 5.74) is 6.23. The molecule has 1 aromatic carbocycles. The van der Waals surface area contributed by atoms with E-state index in [-0.39, 0.29) is 12.3 Å². The fraction of sp³-hybridized carbons (Fsp3) is 0.231. The van der Waals surface area contributed by atoms with E-state index in [1.54, 1.807) is 19.1 Å². The number of aryl methyl sites for hydroxylation is 1. The zero-order valence-corrected chi connectivity index (χ0v) is 11.3. The molecule has 0 aliphatic carbocycles. The van der Waals surface area contributed by atoms with Crippen LogP contribution in [-0.2, 0) is 4.79 Å². The first-order valence-corrected chi connectivity index (χ1v) is 6.01. The standard InChI is InChI=1S/C13H13ClN2O3/c1-7-8-4-3-5-9(14)12(8)19-11(7)13(18)16(2)6-10(15)17/h3-5H,6H2,1-2H3,(H2,15,17). The van der Waals surface area contributed by atoms with Crippen LogP contribution in [0.15, 0.2) is 22.6 Å². The Kier molecular flexibility index (Phi) is 3.48. The van der Waals surface area contributed by atoms with Crippen molar-refractivity contribution in [1.82, 2.24) is 4.90 Å². The van der Waals surface area contributed by atoms with Crippen LogP contribution in [0.25, 0.3) is 11.0 Å². The highest BCUT2D eigenvalue weighted by Crippen LogP contribution is 2.31. The van der Waals surface area contributed by atoms with Crippen molar-refractivity contribution < 1.29 is 14.0 Å². The number of likely N-dealkylation sites (N-methyl/N-ethyl adjacent to an activating group) is 1. The summed E-state index contributed by atoms with van der Waals surface area (Å²) in [6.07, 6.45) is 0. The number of fused-ring (bicyclic) bond motifs is 1. The van der Waals surface area contributed by atoms with Gasteiger partial charge in [0.2, 0.25) is 5.91 Å². The van der Waals surface area contributed by atoms with E-state index in [1.807, 2.05) is 6.07 Å². The number of carbonyl (C=O) groups is 2. The fourth-order valence-electron chi connectivity index (χ4n) is 1.89. The maximum absolute atomic E-state index is 12.2. The van der Waals surface area contributed by atoms with Gasteiger partial charge in [0.05, 0.1) is 11.6 Å².